The predicted octanol–water partition coefficient (Wildman–Crippen LogP) is 0.679. The molecule has 28 heavy (non-hydrogen) atoms. The minimum atomic E-state index is -0.556. The Morgan fingerprint density at radius 1 is 1.18 bits per heavy atom. The van der Waals surface area contributed by atoms with Crippen molar-refractivity contribution in [2.75, 3.05) is 13.1 Å². The highest BCUT2D eigenvalue weighted by Gasteiger charge is 2.53. The van der Waals surface area contributed by atoms with Crippen molar-refractivity contribution in [3.8, 4) is 0 Å². The van der Waals surface area contributed by atoms with Crippen LogP contribution in [0.15, 0.2) is 18.2 Å². The lowest BCUT2D eigenvalue weighted by Gasteiger charge is -2.29. The lowest BCUT2D eigenvalue weighted by atomic mass is 9.94. The first kappa shape index (κ1) is 17.8. The summed E-state index contributed by atoms with van der Waals surface area (Å²) in [6, 6.07) is 5.85. The van der Waals surface area contributed by atoms with Crippen LogP contribution < -0.4 is 16.0 Å². The lowest BCUT2D eigenvalue weighted by Crippen LogP contribution is -2.52. The fourth-order valence-electron chi connectivity index (χ4n) is 5.16. The first-order valence-electron chi connectivity index (χ1n) is 10.3. The average Bonchev–Trinajstić information content (AvgIpc) is 3.24. The number of carbonyl (C=O) groups is 3. The first-order chi connectivity index (χ1) is 13.6. The monoisotopic (exact) mass is 382 g/mol. The van der Waals surface area contributed by atoms with Crippen molar-refractivity contribution >= 4 is 17.7 Å². The summed E-state index contributed by atoms with van der Waals surface area (Å²) in [6.45, 7) is 3.40. The molecule has 3 aliphatic heterocycles. The normalized spacial score (nSPS) is 28.4. The minimum absolute atomic E-state index is 0.104. The molecule has 3 fully saturated rings. The van der Waals surface area contributed by atoms with Gasteiger partial charge in [-0.3, -0.25) is 19.7 Å². The second-order valence-corrected chi connectivity index (χ2v) is 8.59. The molecule has 148 valence electrons. The fourth-order valence-corrected chi connectivity index (χ4v) is 5.16. The number of rotatable bonds is 4. The van der Waals surface area contributed by atoms with Crippen LogP contribution in [0.2, 0.25) is 0 Å². The zero-order valence-electron chi connectivity index (χ0n) is 15.9. The Balaban J connectivity index is 1.29. The standard InChI is InChI=1S/C21H26N4O3/c26-18-5-4-16(19(27)24-18)25-12-15-13(2-1-3-14(15)20(25)28)11-23-17-10-21(17)6-8-22-9-7-21/h1-3,16-17,22-23H,4-12H2,(H,24,26,27). The second-order valence-electron chi connectivity index (χ2n) is 8.59. The van der Waals surface area contributed by atoms with Gasteiger partial charge in [-0.25, -0.2) is 0 Å². The van der Waals surface area contributed by atoms with Crippen LogP contribution in [0.4, 0.5) is 0 Å². The second kappa shape index (κ2) is 6.67. The molecule has 5 rings (SSSR count). The van der Waals surface area contributed by atoms with Crippen LogP contribution in [-0.4, -0.2) is 47.8 Å². The van der Waals surface area contributed by atoms with Gasteiger partial charge in [-0.15, -0.1) is 0 Å². The number of fused-ring (bicyclic) bond motifs is 1. The molecule has 2 atom stereocenters. The number of benzene rings is 1. The quantitative estimate of drug-likeness (QED) is 0.667. The molecule has 1 aromatic rings. The largest absolute Gasteiger partial charge is 0.322 e. The number of nitrogens with zero attached hydrogens (tertiary/aromatic N) is 1. The van der Waals surface area contributed by atoms with Gasteiger partial charge in [-0.1, -0.05) is 12.1 Å². The SMILES string of the molecule is O=C1CCC(N2Cc3c(CNC4CC45CCNCC5)cccc3C2=O)C(=O)N1. The van der Waals surface area contributed by atoms with Crippen molar-refractivity contribution in [3.63, 3.8) is 0 Å². The molecule has 1 aliphatic carbocycles. The van der Waals surface area contributed by atoms with E-state index < -0.39 is 6.04 Å². The maximum absolute atomic E-state index is 12.9. The molecule has 1 saturated carbocycles. The first-order valence-corrected chi connectivity index (χ1v) is 10.3. The molecular formula is C21H26N4O3. The number of imide groups is 1. The van der Waals surface area contributed by atoms with E-state index in [4.69, 9.17) is 0 Å². The minimum Gasteiger partial charge on any atom is -0.322 e. The van der Waals surface area contributed by atoms with Gasteiger partial charge in [0.25, 0.3) is 5.91 Å². The van der Waals surface area contributed by atoms with Gasteiger partial charge >= 0.3 is 0 Å². The number of carbonyl (C=O) groups excluding carboxylic acids is 3. The molecule has 7 heteroatoms. The molecule has 3 heterocycles. The molecule has 4 aliphatic rings. The number of nitrogens with one attached hydrogen (secondary N) is 3. The van der Waals surface area contributed by atoms with E-state index in [0.717, 1.165) is 30.8 Å². The highest BCUT2D eigenvalue weighted by molar-refractivity contribution is 6.05. The van der Waals surface area contributed by atoms with Crippen LogP contribution >= 0.6 is 0 Å². The van der Waals surface area contributed by atoms with Gasteiger partial charge in [0.15, 0.2) is 0 Å². The van der Waals surface area contributed by atoms with E-state index in [1.807, 2.05) is 12.1 Å². The van der Waals surface area contributed by atoms with E-state index in [2.05, 4.69) is 22.0 Å². The Bertz CT molecular complexity index is 846. The highest BCUT2D eigenvalue weighted by atomic mass is 16.2. The summed E-state index contributed by atoms with van der Waals surface area (Å²) in [5.74, 6) is -0.720. The van der Waals surface area contributed by atoms with E-state index in [-0.39, 0.29) is 24.1 Å². The summed E-state index contributed by atoms with van der Waals surface area (Å²) in [4.78, 5) is 38.2. The van der Waals surface area contributed by atoms with Crippen LogP contribution in [0.3, 0.4) is 0 Å². The van der Waals surface area contributed by atoms with E-state index in [1.165, 1.54) is 19.3 Å². The van der Waals surface area contributed by atoms with Gasteiger partial charge in [0.1, 0.15) is 6.04 Å². The Kier molecular flexibility index (Phi) is 4.25. The zero-order valence-corrected chi connectivity index (χ0v) is 15.9. The van der Waals surface area contributed by atoms with E-state index in [0.29, 0.717) is 30.0 Å². The summed E-state index contributed by atoms with van der Waals surface area (Å²) in [5, 5.41) is 9.50. The van der Waals surface area contributed by atoms with Gasteiger partial charge in [0.05, 0.1) is 0 Å². The van der Waals surface area contributed by atoms with Crippen LogP contribution in [0.1, 0.15) is 53.6 Å². The lowest BCUT2D eigenvalue weighted by molar-refractivity contribution is -0.136. The smallest absolute Gasteiger partial charge is 0.255 e. The van der Waals surface area contributed by atoms with Gasteiger partial charge in [0, 0.05) is 31.1 Å². The molecule has 3 amide bonds. The van der Waals surface area contributed by atoms with Crippen molar-refractivity contribution in [3.05, 3.63) is 34.9 Å². The Morgan fingerprint density at radius 2 is 2.00 bits per heavy atom. The van der Waals surface area contributed by atoms with E-state index in [1.54, 1.807) is 4.90 Å². The van der Waals surface area contributed by atoms with Gasteiger partial charge in [-0.2, -0.15) is 0 Å². The number of hydrogen-bond acceptors (Lipinski definition) is 5. The zero-order chi connectivity index (χ0) is 19.3. The fraction of sp³-hybridized carbons (Fsp3) is 0.571. The molecule has 0 aromatic heterocycles. The van der Waals surface area contributed by atoms with E-state index >= 15 is 0 Å². The van der Waals surface area contributed by atoms with Crippen LogP contribution in [0.25, 0.3) is 0 Å². The van der Waals surface area contributed by atoms with Crippen molar-refractivity contribution in [2.45, 2.75) is 57.3 Å². The Morgan fingerprint density at radius 3 is 2.79 bits per heavy atom. The predicted molar refractivity (Wildman–Crippen MR) is 102 cm³/mol. The Labute approximate surface area is 164 Å². The third-order valence-electron chi connectivity index (χ3n) is 7.01. The highest BCUT2D eigenvalue weighted by Crippen LogP contribution is 2.52. The average molecular weight is 382 g/mol. The van der Waals surface area contributed by atoms with Crippen LogP contribution in [-0.2, 0) is 22.7 Å². The molecule has 3 N–H and O–H groups in total. The summed E-state index contributed by atoms with van der Waals surface area (Å²) in [5.41, 5.74) is 3.32. The Hall–Kier alpha value is -2.25. The van der Waals surface area contributed by atoms with Crippen molar-refractivity contribution in [2.24, 2.45) is 5.41 Å². The van der Waals surface area contributed by atoms with Gasteiger partial charge in [0.2, 0.25) is 11.8 Å². The summed E-state index contributed by atoms with van der Waals surface area (Å²) in [6.07, 6.45) is 4.39. The van der Waals surface area contributed by atoms with Gasteiger partial charge in [-0.05, 0) is 61.4 Å². The summed E-state index contributed by atoms with van der Waals surface area (Å²) in [7, 11) is 0. The molecule has 7 nitrogen and oxygen atoms in total. The topological polar surface area (TPSA) is 90.5 Å². The molecule has 1 spiro atoms. The summed E-state index contributed by atoms with van der Waals surface area (Å²) < 4.78 is 0. The molecule has 2 unspecified atom stereocenters. The molecule has 2 saturated heterocycles. The number of hydrogen-bond donors (Lipinski definition) is 3. The van der Waals surface area contributed by atoms with Crippen molar-refractivity contribution in [1.29, 1.82) is 0 Å². The number of amides is 3. The van der Waals surface area contributed by atoms with Crippen molar-refractivity contribution in [1.82, 2.24) is 20.9 Å². The van der Waals surface area contributed by atoms with Crippen molar-refractivity contribution < 1.29 is 14.4 Å². The molecule has 0 radical (unpaired) electrons. The maximum atomic E-state index is 12.9. The summed E-state index contributed by atoms with van der Waals surface area (Å²) >= 11 is 0. The maximum Gasteiger partial charge on any atom is 0.255 e. The van der Waals surface area contributed by atoms with Crippen LogP contribution in [0.5, 0.6) is 0 Å². The van der Waals surface area contributed by atoms with Gasteiger partial charge < -0.3 is 15.5 Å². The number of piperidine rings is 2. The third kappa shape index (κ3) is 2.93. The third-order valence-corrected chi connectivity index (χ3v) is 7.01. The molecule has 0 bridgehead atoms. The molecular weight excluding hydrogens is 356 g/mol. The molecule has 1 aromatic carbocycles. The van der Waals surface area contributed by atoms with Crippen LogP contribution in [0, 0.1) is 5.41 Å². The van der Waals surface area contributed by atoms with E-state index in [9.17, 15) is 14.4 Å².